The van der Waals surface area contributed by atoms with Gasteiger partial charge in [0.05, 0.1) is 38.6 Å². The smallest absolute Gasteiger partial charge is 0.218 e. The molecule has 0 amide bonds. The van der Waals surface area contributed by atoms with Gasteiger partial charge < -0.3 is 14.6 Å². The number of aliphatic hydroxyl groups excluding tert-OH is 1. The molecule has 2 aromatic rings. The number of methoxy groups -OCH3 is 2. The highest BCUT2D eigenvalue weighted by atomic mass is 19.1. The summed E-state index contributed by atoms with van der Waals surface area (Å²) in [6.07, 6.45) is 0.535. The van der Waals surface area contributed by atoms with Crippen molar-refractivity contribution in [3.8, 4) is 5.75 Å². The molecule has 0 aliphatic carbocycles. The van der Waals surface area contributed by atoms with E-state index in [0.29, 0.717) is 40.7 Å². The van der Waals surface area contributed by atoms with Crippen LogP contribution in [0.2, 0.25) is 0 Å². The molecule has 1 aliphatic heterocycles. The van der Waals surface area contributed by atoms with E-state index in [9.17, 15) is 14.3 Å². The molecule has 0 saturated heterocycles. The molecule has 1 aromatic heterocycles. The summed E-state index contributed by atoms with van der Waals surface area (Å²) in [6, 6.07) is 6.41. The first-order chi connectivity index (χ1) is 13.1. The molecular weight excluding hydrogens is 351 g/mol. The summed E-state index contributed by atoms with van der Waals surface area (Å²) in [5, 5.41) is 9.60. The van der Waals surface area contributed by atoms with Crippen molar-refractivity contribution in [2.45, 2.75) is 32.4 Å². The van der Waals surface area contributed by atoms with Crippen LogP contribution in [0, 0.1) is 5.82 Å². The molecule has 6 nitrogen and oxygen atoms in total. The van der Waals surface area contributed by atoms with Gasteiger partial charge in [-0.3, -0.25) is 9.78 Å². The lowest BCUT2D eigenvalue weighted by molar-refractivity contribution is -0.118. The first kappa shape index (κ1) is 19.0. The van der Waals surface area contributed by atoms with Crippen LogP contribution in [-0.2, 0) is 35.5 Å². The predicted molar refractivity (Wildman–Crippen MR) is 97.4 cm³/mol. The lowest BCUT2D eigenvalue weighted by Gasteiger charge is -2.11. The first-order valence-electron chi connectivity index (χ1n) is 8.61. The molecule has 3 rings (SSSR count). The van der Waals surface area contributed by atoms with E-state index in [0.717, 1.165) is 5.56 Å². The van der Waals surface area contributed by atoms with Crippen LogP contribution in [0.1, 0.15) is 34.5 Å². The van der Waals surface area contributed by atoms with Crippen LogP contribution in [0.4, 0.5) is 4.39 Å². The highest BCUT2D eigenvalue weighted by Crippen LogP contribution is 2.25. The fourth-order valence-electron chi connectivity index (χ4n) is 3.24. The highest BCUT2D eigenvalue weighted by Gasteiger charge is 2.23. The molecule has 2 heterocycles. The van der Waals surface area contributed by atoms with Crippen molar-refractivity contribution >= 4 is 11.7 Å². The molecule has 0 saturated carbocycles. The number of nitrogens with zero attached hydrogens (tertiary/aromatic N) is 2. The normalized spacial score (nSPS) is 12.5. The fraction of sp³-hybridized carbons (Fsp3) is 0.350. The minimum atomic E-state index is -0.385. The molecule has 0 fully saturated rings. The zero-order chi connectivity index (χ0) is 19.4. The highest BCUT2D eigenvalue weighted by molar-refractivity contribution is 5.98. The van der Waals surface area contributed by atoms with Crippen molar-refractivity contribution in [1.82, 2.24) is 4.98 Å². The molecule has 0 bridgehead atoms. The van der Waals surface area contributed by atoms with Gasteiger partial charge in [-0.25, -0.2) is 9.38 Å². The standard InChI is InChI=1S/C20H21FN2O4/c1-26-18-5-3-4-16(21)15(18)7-6-14(25)9-13-8-12-10-22-20(27-2)19(12)17(11-24)23-13/h3-5,8,24H,6-7,9-11H2,1-2H3. The number of benzene rings is 1. The Kier molecular flexibility index (Phi) is 5.81. The third-order valence-corrected chi connectivity index (χ3v) is 4.51. The summed E-state index contributed by atoms with van der Waals surface area (Å²) in [6.45, 7) is 0.167. The van der Waals surface area contributed by atoms with E-state index >= 15 is 0 Å². The molecule has 7 heteroatoms. The van der Waals surface area contributed by atoms with Gasteiger partial charge in [0.1, 0.15) is 17.3 Å². The molecule has 0 unspecified atom stereocenters. The fourth-order valence-corrected chi connectivity index (χ4v) is 3.24. The van der Waals surface area contributed by atoms with Crippen molar-refractivity contribution < 1.29 is 23.8 Å². The summed E-state index contributed by atoms with van der Waals surface area (Å²) in [7, 11) is 2.99. The summed E-state index contributed by atoms with van der Waals surface area (Å²) in [4.78, 5) is 21.0. The van der Waals surface area contributed by atoms with Crippen LogP contribution < -0.4 is 4.74 Å². The van der Waals surface area contributed by atoms with E-state index in [1.807, 2.05) is 6.07 Å². The number of carbonyl (C=O) groups excluding carboxylic acids is 1. The summed E-state index contributed by atoms with van der Waals surface area (Å²) < 4.78 is 24.3. The van der Waals surface area contributed by atoms with E-state index in [1.165, 1.54) is 20.3 Å². The van der Waals surface area contributed by atoms with Crippen molar-refractivity contribution in [2.75, 3.05) is 14.2 Å². The van der Waals surface area contributed by atoms with Crippen molar-refractivity contribution in [3.05, 3.63) is 58.2 Å². The van der Waals surface area contributed by atoms with Gasteiger partial charge in [0.25, 0.3) is 0 Å². The maximum atomic E-state index is 14.0. The van der Waals surface area contributed by atoms with Gasteiger partial charge in [-0.2, -0.15) is 0 Å². The number of fused-ring (bicyclic) bond motifs is 1. The molecule has 1 aliphatic rings. The molecular formula is C20H21FN2O4. The Morgan fingerprint density at radius 3 is 2.81 bits per heavy atom. The lowest BCUT2D eigenvalue weighted by Crippen LogP contribution is -2.12. The maximum Gasteiger partial charge on any atom is 0.218 e. The lowest BCUT2D eigenvalue weighted by atomic mass is 10.0. The number of aliphatic imine (C=N–C) groups is 1. The maximum absolute atomic E-state index is 14.0. The van der Waals surface area contributed by atoms with Gasteiger partial charge in [0.15, 0.2) is 0 Å². The minimum absolute atomic E-state index is 0.0671. The largest absolute Gasteiger partial charge is 0.496 e. The van der Waals surface area contributed by atoms with Crippen LogP contribution >= 0.6 is 0 Å². The van der Waals surface area contributed by atoms with Gasteiger partial charge in [-0.15, -0.1) is 0 Å². The predicted octanol–water partition coefficient (Wildman–Crippen LogP) is 2.37. The SMILES string of the molecule is COC1=NCc2cc(CC(=O)CCc3c(F)cccc3OC)nc(CO)c21. The summed E-state index contributed by atoms with van der Waals surface area (Å²) >= 11 is 0. The van der Waals surface area contributed by atoms with Crippen molar-refractivity contribution in [3.63, 3.8) is 0 Å². The van der Waals surface area contributed by atoms with Crippen LogP contribution in [0.3, 0.4) is 0 Å². The van der Waals surface area contributed by atoms with Gasteiger partial charge in [0, 0.05) is 24.1 Å². The van der Waals surface area contributed by atoms with E-state index in [2.05, 4.69) is 9.98 Å². The van der Waals surface area contributed by atoms with Crippen molar-refractivity contribution in [1.29, 1.82) is 0 Å². The van der Waals surface area contributed by atoms with Crippen LogP contribution in [0.15, 0.2) is 29.3 Å². The van der Waals surface area contributed by atoms with Gasteiger partial charge >= 0.3 is 0 Å². The van der Waals surface area contributed by atoms with E-state index in [-0.39, 0.29) is 37.5 Å². The average Bonchev–Trinajstić information content (AvgIpc) is 3.09. The van der Waals surface area contributed by atoms with Crippen LogP contribution in [0.25, 0.3) is 0 Å². The number of hydrogen-bond acceptors (Lipinski definition) is 6. The molecule has 0 spiro atoms. The Hall–Kier alpha value is -2.80. The van der Waals surface area contributed by atoms with Gasteiger partial charge in [-0.1, -0.05) is 6.07 Å². The first-order valence-corrected chi connectivity index (χ1v) is 8.61. The Bertz CT molecular complexity index is 896. The molecule has 27 heavy (non-hydrogen) atoms. The minimum Gasteiger partial charge on any atom is -0.496 e. The number of hydrogen-bond donors (Lipinski definition) is 1. The average molecular weight is 372 g/mol. The number of ether oxygens (including phenoxy) is 2. The number of rotatable bonds is 7. The van der Waals surface area contributed by atoms with E-state index in [4.69, 9.17) is 9.47 Å². The van der Waals surface area contributed by atoms with Gasteiger partial charge in [-0.05, 0) is 30.2 Å². The molecule has 142 valence electrons. The zero-order valence-corrected chi connectivity index (χ0v) is 15.3. The topological polar surface area (TPSA) is 81.0 Å². The van der Waals surface area contributed by atoms with E-state index in [1.54, 1.807) is 12.1 Å². The number of pyridine rings is 1. The molecule has 1 N–H and O–H groups in total. The Morgan fingerprint density at radius 1 is 1.30 bits per heavy atom. The number of ketones is 1. The second-order valence-corrected chi connectivity index (χ2v) is 6.21. The number of aliphatic hydroxyl groups is 1. The third-order valence-electron chi connectivity index (χ3n) is 4.51. The molecule has 0 radical (unpaired) electrons. The van der Waals surface area contributed by atoms with Crippen molar-refractivity contribution in [2.24, 2.45) is 4.99 Å². The number of halogens is 1. The second kappa shape index (κ2) is 8.26. The number of carbonyl (C=O) groups is 1. The quantitative estimate of drug-likeness (QED) is 0.807. The number of aromatic nitrogens is 1. The summed E-state index contributed by atoms with van der Waals surface area (Å²) in [5.74, 6) is 0.434. The zero-order valence-electron chi connectivity index (χ0n) is 15.3. The third kappa shape index (κ3) is 3.98. The van der Waals surface area contributed by atoms with Crippen LogP contribution in [0.5, 0.6) is 5.75 Å². The number of Topliss-reactive ketones (excluding diaryl/α,β-unsaturated/α-hetero) is 1. The second-order valence-electron chi connectivity index (χ2n) is 6.21. The monoisotopic (exact) mass is 372 g/mol. The van der Waals surface area contributed by atoms with Crippen LogP contribution in [-0.4, -0.2) is 36.0 Å². The van der Waals surface area contributed by atoms with E-state index < -0.39 is 0 Å². The summed E-state index contributed by atoms with van der Waals surface area (Å²) in [5.41, 5.74) is 2.99. The Labute approximate surface area is 156 Å². The Balaban J connectivity index is 1.71. The van der Waals surface area contributed by atoms with Gasteiger partial charge in [0.2, 0.25) is 5.90 Å². The Morgan fingerprint density at radius 2 is 2.11 bits per heavy atom. The molecule has 1 aromatic carbocycles. The molecule has 0 atom stereocenters.